The van der Waals surface area contributed by atoms with Crippen molar-refractivity contribution in [2.24, 2.45) is 20.0 Å². The van der Waals surface area contributed by atoms with Gasteiger partial charge in [0.1, 0.15) is 35.7 Å². The molecule has 4 unspecified atom stereocenters. The highest BCUT2D eigenvalue weighted by atomic mass is 32.2. The van der Waals surface area contributed by atoms with Crippen LogP contribution in [0.3, 0.4) is 0 Å². The van der Waals surface area contributed by atoms with E-state index >= 15 is 0 Å². The largest absolute Gasteiger partial charge is 0.377 e. The van der Waals surface area contributed by atoms with Gasteiger partial charge in [-0.2, -0.15) is 41.0 Å². The van der Waals surface area contributed by atoms with Crippen molar-refractivity contribution in [3.8, 4) is 0 Å². The SMILES string of the molecule is c1cc(N2N(c3nn[nH]n3)C(c3ncc[nH]3)C(c3cn[nH]n3)(C3CON=N3)N2C2CSN=N2)[nH]n1. The van der Waals surface area contributed by atoms with Crippen molar-refractivity contribution < 1.29 is 4.84 Å². The van der Waals surface area contributed by atoms with Crippen molar-refractivity contribution in [3.05, 3.63) is 42.4 Å². The van der Waals surface area contributed by atoms with Crippen LogP contribution in [0.4, 0.5) is 11.8 Å². The third-order valence-electron chi connectivity index (χ3n) is 6.02. The second kappa shape index (κ2) is 7.80. The van der Waals surface area contributed by atoms with E-state index in [9.17, 15) is 0 Å². The fraction of sp³-hybridized carbons (Fsp3) is 0.400. The molecule has 4 aromatic rings. The standard InChI is InChI=1S/C15H16N18OS/c1-2-18-22-10(1)33-31(14-24-27-28-25-14)12(13-16-3-4-17-13)15(8-5-19-26-20-8,9-6-34-29-21-9)32(33)11-7-35-30-23-11/h1-5,9,11-12H,6-7H2,(H,16,17)(H,18,22)(H,19,20,26)(H,24,25,27,28). The first kappa shape index (κ1) is 20.0. The van der Waals surface area contributed by atoms with Crippen molar-refractivity contribution in [1.82, 2.24) is 61.2 Å². The number of aromatic amines is 4. The van der Waals surface area contributed by atoms with Gasteiger partial charge in [-0.3, -0.25) is 5.10 Å². The number of hydrogen-bond acceptors (Lipinski definition) is 16. The summed E-state index contributed by atoms with van der Waals surface area (Å²) in [7, 11) is 0. The van der Waals surface area contributed by atoms with Gasteiger partial charge in [-0.15, -0.1) is 14.7 Å². The summed E-state index contributed by atoms with van der Waals surface area (Å²) in [5.74, 6) is 1.99. The summed E-state index contributed by atoms with van der Waals surface area (Å²) in [5, 5.41) is 52.0. The van der Waals surface area contributed by atoms with E-state index in [1.165, 1.54) is 11.9 Å². The monoisotopic (exact) mass is 496 g/mol. The first-order valence-corrected chi connectivity index (χ1v) is 11.3. The molecule has 19 nitrogen and oxygen atoms in total. The van der Waals surface area contributed by atoms with Gasteiger partial charge in [0.25, 0.3) is 5.95 Å². The molecule has 178 valence electrons. The lowest BCUT2D eigenvalue weighted by Crippen LogP contribution is -2.60. The third-order valence-corrected chi connectivity index (χ3v) is 6.68. The van der Waals surface area contributed by atoms with Gasteiger partial charge in [-0.05, 0) is 5.21 Å². The zero-order valence-corrected chi connectivity index (χ0v) is 18.4. The highest BCUT2D eigenvalue weighted by Crippen LogP contribution is 2.56. The molecule has 7 rings (SSSR count). The van der Waals surface area contributed by atoms with Crippen LogP contribution < -0.4 is 10.1 Å². The molecule has 35 heavy (non-hydrogen) atoms. The van der Waals surface area contributed by atoms with Crippen LogP contribution >= 0.6 is 11.9 Å². The third kappa shape index (κ3) is 2.79. The first-order chi connectivity index (χ1) is 17.4. The summed E-state index contributed by atoms with van der Waals surface area (Å²) in [6.07, 6.45) is 6.23. The minimum absolute atomic E-state index is 0.175. The lowest BCUT2D eigenvalue weighted by Gasteiger charge is -2.42. The van der Waals surface area contributed by atoms with Gasteiger partial charge in [0.2, 0.25) is 0 Å². The topological polar surface area (TPSA) is 222 Å². The van der Waals surface area contributed by atoms with Crippen LogP contribution in [-0.2, 0) is 10.4 Å². The highest BCUT2D eigenvalue weighted by molar-refractivity contribution is 7.98. The number of H-pyrrole nitrogens is 4. The van der Waals surface area contributed by atoms with Crippen molar-refractivity contribution >= 4 is 23.7 Å². The summed E-state index contributed by atoms with van der Waals surface area (Å²) in [4.78, 5) is 13.3. The quantitative estimate of drug-likeness (QED) is 0.260. The summed E-state index contributed by atoms with van der Waals surface area (Å²) in [6.45, 7) is 0.175. The Balaban J connectivity index is 1.58. The first-order valence-electron chi connectivity index (χ1n) is 10.4. The maximum Gasteiger partial charge on any atom is 0.286 e. The van der Waals surface area contributed by atoms with E-state index in [1.54, 1.807) is 24.8 Å². The zero-order chi connectivity index (χ0) is 23.2. The van der Waals surface area contributed by atoms with Crippen molar-refractivity contribution in [2.75, 3.05) is 22.5 Å². The van der Waals surface area contributed by atoms with Crippen molar-refractivity contribution in [3.63, 3.8) is 0 Å². The molecule has 4 N–H and O–H groups in total. The fourth-order valence-corrected chi connectivity index (χ4v) is 5.38. The van der Waals surface area contributed by atoms with Gasteiger partial charge in [-0.1, -0.05) is 5.10 Å². The van der Waals surface area contributed by atoms with E-state index in [0.29, 0.717) is 23.1 Å². The van der Waals surface area contributed by atoms with Gasteiger partial charge >= 0.3 is 0 Å². The average molecular weight is 496 g/mol. The van der Waals surface area contributed by atoms with E-state index in [2.05, 4.69) is 76.2 Å². The second-order valence-electron chi connectivity index (χ2n) is 7.67. The molecular weight excluding hydrogens is 480 g/mol. The lowest BCUT2D eigenvalue weighted by atomic mass is 9.79. The predicted octanol–water partition coefficient (Wildman–Crippen LogP) is 0.0655. The minimum atomic E-state index is -1.13. The second-order valence-corrected chi connectivity index (χ2v) is 8.43. The Labute approximate surface area is 198 Å². The average Bonchev–Trinajstić information content (AvgIpc) is 3.71. The van der Waals surface area contributed by atoms with Crippen LogP contribution in [0.1, 0.15) is 17.6 Å². The van der Waals surface area contributed by atoms with Crippen LogP contribution in [0.5, 0.6) is 0 Å². The lowest BCUT2D eigenvalue weighted by molar-refractivity contribution is 0.0303. The maximum atomic E-state index is 5.40. The van der Waals surface area contributed by atoms with Gasteiger partial charge in [-0.25, -0.2) is 9.99 Å². The van der Waals surface area contributed by atoms with Crippen LogP contribution in [0.15, 0.2) is 50.9 Å². The molecule has 1 saturated heterocycles. The molecule has 0 amide bonds. The van der Waals surface area contributed by atoms with Crippen molar-refractivity contribution in [2.45, 2.75) is 23.8 Å². The van der Waals surface area contributed by atoms with Gasteiger partial charge in [0, 0.05) is 35.7 Å². The van der Waals surface area contributed by atoms with E-state index in [4.69, 9.17) is 4.84 Å². The zero-order valence-electron chi connectivity index (χ0n) is 17.6. The Morgan fingerprint density at radius 2 is 2.14 bits per heavy atom. The Bertz CT molecular complexity index is 1300. The van der Waals surface area contributed by atoms with Crippen LogP contribution in [0.25, 0.3) is 0 Å². The van der Waals surface area contributed by atoms with Gasteiger partial charge in [0.15, 0.2) is 12.0 Å². The number of hydrogen-bond donors (Lipinski definition) is 4. The van der Waals surface area contributed by atoms with Gasteiger partial charge in [0.05, 0.1) is 18.1 Å². The molecule has 3 aliphatic heterocycles. The van der Waals surface area contributed by atoms with Gasteiger partial charge < -0.3 is 9.82 Å². The summed E-state index contributed by atoms with van der Waals surface area (Å²) in [6, 6.07) is 0.588. The Kier molecular flexibility index (Phi) is 4.45. The number of nitrogens with one attached hydrogen (secondary N) is 4. The molecule has 4 atom stereocenters. The Morgan fingerprint density at radius 1 is 1.14 bits per heavy atom. The molecule has 20 heteroatoms. The number of imidazole rings is 1. The molecule has 7 heterocycles. The van der Waals surface area contributed by atoms with Crippen LogP contribution in [0.2, 0.25) is 0 Å². The molecule has 4 aromatic heterocycles. The number of hydrazine groups is 2. The van der Waals surface area contributed by atoms with E-state index < -0.39 is 23.8 Å². The normalized spacial score (nSPS) is 28.4. The number of anilines is 2. The molecule has 0 aromatic carbocycles. The molecule has 0 aliphatic carbocycles. The fourth-order valence-electron chi connectivity index (χ4n) is 4.79. The molecule has 0 saturated carbocycles. The van der Waals surface area contributed by atoms with Crippen LogP contribution in [-0.4, -0.2) is 85.8 Å². The number of aromatic nitrogens is 11. The smallest absolute Gasteiger partial charge is 0.286 e. The van der Waals surface area contributed by atoms with Crippen molar-refractivity contribution in [1.29, 1.82) is 0 Å². The number of rotatable bonds is 6. The minimum Gasteiger partial charge on any atom is -0.377 e. The summed E-state index contributed by atoms with van der Waals surface area (Å²) >= 11 is 1.35. The molecule has 0 bridgehead atoms. The van der Waals surface area contributed by atoms with E-state index in [0.717, 1.165) is 0 Å². The van der Waals surface area contributed by atoms with Crippen LogP contribution in [0, 0.1) is 0 Å². The number of nitrogens with zero attached hydrogens (tertiary/aromatic N) is 14. The summed E-state index contributed by atoms with van der Waals surface area (Å²) < 4.78 is 4.20. The molecule has 0 spiro atoms. The van der Waals surface area contributed by atoms with E-state index in [-0.39, 0.29) is 12.6 Å². The Hall–Kier alpha value is -4.46. The maximum absolute atomic E-state index is 5.40. The molecular formula is C15H16N18OS. The molecule has 3 aliphatic rings. The number of tetrazole rings is 1. The Morgan fingerprint density at radius 3 is 2.80 bits per heavy atom. The molecule has 1 fully saturated rings. The van der Waals surface area contributed by atoms with E-state index in [1.807, 2.05) is 21.2 Å². The summed E-state index contributed by atoms with van der Waals surface area (Å²) in [5.41, 5.74) is -0.582. The predicted molar refractivity (Wildman–Crippen MR) is 115 cm³/mol. The highest BCUT2D eigenvalue weighted by Gasteiger charge is 2.69. The molecule has 0 radical (unpaired) electrons.